The molecule has 0 saturated heterocycles. The molecule has 0 fully saturated rings. The van der Waals surface area contributed by atoms with Crippen molar-refractivity contribution in [1.82, 2.24) is 19.3 Å². The van der Waals surface area contributed by atoms with E-state index in [1.54, 1.807) is 58.8 Å². The van der Waals surface area contributed by atoms with Crippen LogP contribution >= 0.6 is 23.4 Å². The number of thioether (sulfide) groups is 1. The molecule has 140 valence electrons. The van der Waals surface area contributed by atoms with Crippen molar-refractivity contribution in [3.8, 4) is 11.4 Å². The number of nitrogens with zero attached hydrogens (tertiary/aromatic N) is 4. The Balaban J connectivity index is 1.70. The lowest BCUT2D eigenvalue weighted by Crippen LogP contribution is -2.20. The third-order valence-electron chi connectivity index (χ3n) is 3.90. The van der Waals surface area contributed by atoms with Gasteiger partial charge in [0.15, 0.2) is 11.0 Å². The molecule has 0 spiro atoms. The number of hydrogen-bond donors (Lipinski definition) is 1. The van der Waals surface area contributed by atoms with Crippen molar-refractivity contribution >= 4 is 35.0 Å². The molecule has 0 atom stereocenters. The molecule has 7 nitrogen and oxygen atoms in total. The van der Waals surface area contributed by atoms with Crippen LogP contribution in [0.2, 0.25) is 5.02 Å². The summed E-state index contributed by atoms with van der Waals surface area (Å²) in [6, 6.07) is 10.4. The van der Waals surface area contributed by atoms with Gasteiger partial charge < -0.3 is 14.5 Å². The molecule has 0 radical (unpaired) electrons. The highest BCUT2D eigenvalue weighted by Crippen LogP contribution is 2.21. The predicted molar refractivity (Wildman–Crippen MR) is 107 cm³/mol. The number of aryl methyl sites for hydroxylation is 1. The first-order valence-corrected chi connectivity index (χ1v) is 9.63. The molecule has 2 heterocycles. The molecule has 1 N–H and O–H groups in total. The fraction of sp³-hybridized carbons (Fsp3) is 0.222. The van der Waals surface area contributed by atoms with E-state index >= 15 is 0 Å². The van der Waals surface area contributed by atoms with Crippen LogP contribution in [0, 0.1) is 0 Å². The van der Waals surface area contributed by atoms with E-state index in [4.69, 9.17) is 11.6 Å². The van der Waals surface area contributed by atoms with Gasteiger partial charge in [-0.05, 0) is 43.3 Å². The summed E-state index contributed by atoms with van der Waals surface area (Å²) in [6.45, 7) is 2.49. The molecular weight excluding hydrogens is 386 g/mol. The first-order valence-electron chi connectivity index (χ1n) is 8.27. The molecule has 0 aliphatic heterocycles. The number of halogens is 1. The van der Waals surface area contributed by atoms with Crippen LogP contribution in [0.4, 0.5) is 5.69 Å². The summed E-state index contributed by atoms with van der Waals surface area (Å²) in [5, 5.41) is 12.2. The first kappa shape index (κ1) is 19.2. The Morgan fingerprint density at radius 2 is 1.96 bits per heavy atom. The second-order valence-corrected chi connectivity index (χ2v) is 7.10. The summed E-state index contributed by atoms with van der Waals surface area (Å²) in [7, 11) is 1.78. The molecule has 27 heavy (non-hydrogen) atoms. The molecule has 0 saturated carbocycles. The van der Waals surface area contributed by atoms with E-state index < -0.39 is 0 Å². The number of anilines is 1. The molecule has 9 heteroatoms. The number of carbonyl (C=O) groups is 1. The number of benzene rings is 1. The lowest BCUT2D eigenvalue weighted by Gasteiger charge is -2.07. The van der Waals surface area contributed by atoms with E-state index in [2.05, 4.69) is 15.5 Å². The van der Waals surface area contributed by atoms with Gasteiger partial charge in [-0.15, -0.1) is 10.2 Å². The molecule has 1 aromatic carbocycles. The second kappa shape index (κ2) is 8.41. The molecule has 0 bridgehead atoms. The minimum atomic E-state index is -0.167. The molecule has 0 aliphatic carbocycles. The maximum Gasteiger partial charge on any atom is 0.261 e. The molecule has 2 aromatic heterocycles. The Hall–Kier alpha value is -2.58. The summed E-state index contributed by atoms with van der Waals surface area (Å²) >= 11 is 7.08. The highest BCUT2D eigenvalue weighted by molar-refractivity contribution is 7.99. The number of amides is 1. The van der Waals surface area contributed by atoms with Crippen molar-refractivity contribution in [2.45, 2.75) is 18.6 Å². The zero-order chi connectivity index (χ0) is 19.4. The molecule has 0 unspecified atom stereocenters. The van der Waals surface area contributed by atoms with Gasteiger partial charge in [-0.1, -0.05) is 23.4 Å². The Bertz CT molecular complexity index is 1010. The van der Waals surface area contributed by atoms with Crippen LogP contribution in [-0.2, 0) is 18.4 Å². The standard InChI is InChI=1S/C18H18ClN5O2S/c1-3-24-10-4-5-14(17(24)26)16-21-22-18(23(16)2)27-11-15(25)20-13-8-6-12(19)7-9-13/h4-10H,3,11H2,1-2H3,(H,20,25). The van der Waals surface area contributed by atoms with E-state index in [1.807, 2.05) is 6.92 Å². The zero-order valence-corrected chi connectivity index (χ0v) is 16.4. The van der Waals surface area contributed by atoms with Crippen LogP contribution in [-0.4, -0.2) is 31.0 Å². The Kier molecular flexibility index (Phi) is 5.98. The molecule has 0 aliphatic rings. The quantitative estimate of drug-likeness (QED) is 0.639. The van der Waals surface area contributed by atoms with Gasteiger partial charge >= 0.3 is 0 Å². The number of nitrogens with one attached hydrogen (secondary N) is 1. The number of hydrogen-bond acceptors (Lipinski definition) is 5. The first-order chi connectivity index (χ1) is 13.0. The summed E-state index contributed by atoms with van der Waals surface area (Å²) in [6.07, 6.45) is 1.74. The van der Waals surface area contributed by atoms with E-state index in [0.29, 0.717) is 33.8 Å². The van der Waals surface area contributed by atoms with Crippen molar-refractivity contribution in [3.63, 3.8) is 0 Å². The highest BCUT2D eigenvalue weighted by atomic mass is 35.5. The van der Waals surface area contributed by atoms with Crippen molar-refractivity contribution in [2.75, 3.05) is 11.1 Å². The maximum atomic E-state index is 12.5. The van der Waals surface area contributed by atoms with Gasteiger partial charge in [-0.2, -0.15) is 0 Å². The van der Waals surface area contributed by atoms with Gasteiger partial charge in [0.05, 0.1) is 11.3 Å². The van der Waals surface area contributed by atoms with E-state index in [9.17, 15) is 9.59 Å². The fourth-order valence-electron chi connectivity index (χ4n) is 2.49. The van der Waals surface area contributed by atoms with E-state index in [-0.39, 0.29) is 17.2 Å². The summed E-state index contributed by atoms with van der Waals surface area (Å²) in [5.41, 5.74) is 1.03. The van der Waals surface area contributed by atoms with Gasteiger partial charge in [0, 0.05) is 30.5 Å². The summed E-state index contributed by atoms with van der Waals surface area (Å²) in [5.74, 6) is 0.478. The van der Waals surface area contributed by atoms with Gasteiger partial charge in [0.1, 0.15) is 0 Å². The number of pyridine rings is 1. The SMILES string of the molecule is CCn1cccc(-c2nnc(SCC(=O)Nc3ccc(Cl)cc3)n2C)c1=O. The minimum absolute atomic E-state index is 0.118. The van der Waals surface area contributed by atoms with Crippen LogP contribution in [0.5, 0.6) is 0 Å². The van der Waals surface area contributed by atoms with Crippen molar-refractivity contribution in [1.29, 1.82) is 0 Å². The monoisotopic (exact) mass is 403 g/mol. The molecule has 3 rings (SSSR count). The maximum absolute atomic E-state index is 12.5. The van der Waals surface area contributed by atoms with Gasteiger partial charge in [0.2, 0.25) is 5.91 Å². The topological polar surface area (TPSA) is 81.8 Å². The fourth-order valence-corrected chi connectivity index (χ4v) is 3.33. The molecule has 3 aromatic rings. The van der Waals surface area contributed by atoms with Crippen molar-refractivity contribution in [3.05, 3.63) is 58.0 Å². The Morgan fingerprint density at radius 3 is 2.67 bits per heavy atom. The van der Waals surface area contributed by atoms with Gasteiger partial charge in [-0.25, -0.2) is 0 Å². The van der Waals surface area contributed by atoms with Crippen LogP contribution < -0.4 is 10.9 Å². The predicted octanol–water partition coefficient (Wildman–Crippen LogP) is 3.05. The third-order valence-corrected chi connectivity index (χ3v) is 5.17. The van der Waals surface area contributed by atoms with Gasteiger partial charge in [-0.3, -0.25) is 9.59 Å². The van der Waals surface area contributed by atoms with E-state index in [1.165, 1.54) is 11.8 Å². The molecular formula is C18H18ClN5O2S. The zero-order valence-electron chi connectivity index (χ0n) is 14.8. The molecule has 1 amide bonds. The van der Waals surface area contributed by atoms with Gasteiger partial charge in [0.25, 0.3) is 5.56 Å². The second-order valence-electron chi connectivity index (χ2n) is 5.72. The third kappa shape index (κ3) is 4.40. The Labute approximate surface area is 165 Å². The number of rotatable bonds is 6. The van der Waals surface area contributed by atoms with Crippen LogP contribution in [0.25, 0.3) is 11.4 Å². The van der Waals surface area contributed by atoms with Crippen LogP contribution in [0.15, 0.2) is 52.5 Å². The largest absolute Gasteiger partial charge is 0.325 e. The normalized spacial score (nSPS) is 10.8. The van der Waals surface area contributed by atoms with Crippen LogP contribution in [0.3, 0.4) is 0 Å². The van der Waals surface area contributed by atoms with Crippen molar-refractivity contribution < 1.29 is 4.79 Å². The minimum Gasteiger partial charge on any atom is -0.325 e. The van der Waals surface area contributed by atoms with Crippen molar-refractivity contribution in [2.24, 2.45) is 7.05 Å². The summed E-state index contributed by atoms with van der Waals surface area (Å²) in [4.78, 5) is 24.6. The number of carbonyl (C=O) groups excluding carboxylic acids is 1. The smallest absolute Gasteiger partial charge is 0.261 e. The lowest BCUT2D eigenvalue weighted by molar-refractivity contribution is -0.113. The van der Waals surface area contributed by atoms with E-state index in [0.717, 1.165) is 0 Å². The lowest BCUT2D eigenvalue weighted by atomic mass is 10.2. The number of aromatic nitrogens is 4. The Morgan fingerprint density at radius 1 is 1.22 bits per heavy atom. The average Bonchev–Trinajstić information content (AvgIpc) is 3.02. The average molecular weight is 404 g/mol. The summed E-state index contributed by atoms with van der Waals surface area (Å²) < 4.78 is 3.33. The highest BCUT2D eigenvalue weighted by Gasteiger charge is 2.16. The van der Waals surface area contributed by atoms with Crippen LogP contribution in [0.1, 0.15) is 6.92 Å².